The standard InChI is InChI=1S/C19H23BN2O6/c1-2-18(23)22-9-5-6-14(11-22)28-19(24)21-17(20(25)26)10-13-12-27-16-8-4-3-7-15(13)16/h2-4,7-8,12,14,17,25-26H,1,5-6,9-11H2,(H,21,24)/t14?,17-/m0/s1. The predicted molar refractivity (Wildman–Crippen MR) is 103 cm³/mol. The first-order valence-corrected chi connectivity index (χ1v) is 9.17. The zero-order valence-corrected chi connectivity index (χ0v) is 15.4. The average Bonchev–Trinajstić information content (AvgIpc) is 3.10. The van der Waals surface area contributed by atoms with Gasteiger partial charge in [-0.3, -0.25) is 4.79 Å². The summed E-state index contributed by atoms with van der Waals surface area (Å²) in [6.45, 7) is 4.35. The minimum absolute atomic E-state index is 0.162. The number of carbonyl (C=O) groups excluding carboxylic acids is 2. The van der Waals surface area contributed by atoms with Crippen LogP contribution in [0.15, 0.2) is 47.6 Å². The van der Waals surface area contributed by atoms with E-state index in [1.54, 1.807) is 4.90 Å². The zero-order chi connectivity index (χ0) is 20.1. The molecule has 1 aliphatic heterocycles. The van der Waals surface area contributed by atoms with Crippen LogP contribution in [-0.4, -0.2) is 59.2 Å². The number of likely N-dealkylation sites (tertiary alicyclic amines) is 1. The van der Waals surface area contributed by atoms with Crippen molar-refractivity contribution in [2.24, 2.45) is 0 Å². The van der Waals surface area contributed by atoms with Crippen molar-refractivity contribution in [1.82, 2.24) is 10.2 Å². The molecule has 0 bridgehead atoms. The van der Waals surface area contributed by atoms with Gasteiger partial charge in [0.2, 0.25) is 5.91 Å². The fraction of sp³-hybridized carbons (Fsp3) is 0.368. The van der Waals surface area contributed by atoms with Crippen molar-refractivity contribution in [1.29, 1.82) is 0 Å². The topological polar surface area (TPSA) is 112 Å². The Balaban J connectivity index is 1.60. The van der Waals surface area contributed by atoms with Crippen LogP contribution in [0.25, 0.3) is 11.0 Å². The molecule has 28 heavy (non-hydrogen) atoms. The number of nitrogens with zero attached hydrogens (tertiary/aromatic N) is 1. The van der Waals surface area contributed by atoms with Crippen molar-refractivity contribution in [2.45, 2.75) is 31.3 Å². The number of para-hydroxylation sites is 1. The third-order valence-corrected chi connectivity index (χ3v) is 4.80. The molecule has 1 aliphatic rings. The monoisotopic (exact) mass is 386 g/mol. The first-order valence-electron chi connectivity index (χ1n) is 9.17. The van der Waals surface area contributed by atoms with E-state index >= 15 is 0 Å². The van der Waals surface area contributed by atoms with Gasteiger partial charge in [0.1, 0.15) is 11.7 Å². The van der Waals surface area contributed by atoms with E-state index in [0.29, 0.717) is 25.0 Å². The second-order valence-electron chi connectivity index (χ2n) is 6.78. The Morgan fingerprint density at radius 2 is 2.21 bits per heavy atom. The van der Waals surface area contributed by atoms with Crippen LogP contribution in [0.2, 0.25) is 0 Å². The lowest BCUT2D eigenvalue weighted by Gasteiger charge is -2.32. The number of hydrogen-bond acceptors (Lipinski definition) is 6. The van der Waals surface area contributed by atoms with Crippen molar-refractivity contribution in [3.63, 3.8) is 0 Å². The SMILES string of the molecule is C=CC(=O)N1CCCC(OC(=O)N[C@@H](Cc2coc3ccccc23)B(O)O)C1. The normalized spacial score (nSPS) is 17.8. The van der Waals surface area contributed by atoms with Gasteiger partial charge in [-0.15, -0.1) is 0 Å². The number of piperidine rings is 1. The maximum absolute atomic E-state index is 12.3. The van der Waals surface area contributed by atoms with E-state index in [4.69, 9.17) is 9.15 Å². The first-order chi connectivity index (χ1) is 13.5. The molecule has 1 fully saturated rings. The second kappa shape index (κ2) is 8.94. The van der Waals surface area contributed by atoms with Gasteiger partial charge in [-0.2, -0.15) is 0 Å². The predicted octanol–water partition coefficient (Wildman–Crippen LogP) is 1.26. The molecule has 0 aliphatic carbocycles. The number of carbonyl (C=O) groups is 2. The van der Waals surface area contributed by atoms with Gasteiger partial charge >= 0.3 is 13.2 Å². The number of amides is 2. The molecule has 8 nitrogen and oxygen atoms in total. The van der Waals surface area contributed by atoms with E-state index in [1.807, 2.05) is 24.3 Å². The van der Waals surface area contributed by atoms with Gasteiger partial charge in [0, 0.05) is 11.9 Å². The highest BCUT2D eigenvalue weighted by molar-refractivity contribution is 6.43. The highest BCUT2D eigenvalue weighted by atomic mass is 16.6. The fourth-order valence-corrected chi connectivity index (χ4v) is 3.36. The minimum Gasteiger partial charge on any atom is -0.464 e. The van der Waals surface area contributed by atoms with Crippen LogP contribution in [0.1, 0.15) is 18.4 Å². The maximum Gasteiger partial charge on any atom is 0.475 e. The molecule has 1 aromatic heterocycles. The molecule has 9 heteroatoms. The number of alkyl carbamates (subject to hydrolysis) is 1. The van der Waals surface area contributed by atoms with Crippen LogP contribution in [0.3, 0.4) is 0 Å². The Bertz CT molecular complexity index is 852. The van der Waals surface area contributed by atoms with Gasteiger partial charge in [0.05, 0.1) is 18.7 Å². The van der Waals surface area contributed by atoms with Crippen LogP contribution in [0, 0.1) is 0 Å². The van der Waals surface area contributed by atoms with Crippen LogP contribution in [0.4, 0.5) is 4.79 Å². The minimum atomic E-state index is -1.77. The van der Waals surface area contributed by atoms with E-state index in [9.17, 15) is 19.6 Å². The highest BCUT2D eigenvalue weighted by Crippen LogP contribution is 2.22. The van der Waals surface area contributed by atoms with E-state index in [0.717, 1.165) is 10.9 Å². The van der Waals surface area contributed by atoms with E-state index in [-0.39, 0.29) is 18.9 Å². The number of benzene rings is 1. The molecule has 1 unspecified atom stereocenters. The van der Waals surface area contributed by atoms with E-state index < -0.39 is 25.3 Å². The quantitative estimate of drug-likeness (QED) is 0.509. The molecular weight excluding hydrogens is 363 g/mol. The third kappa shape index (κ3) is 4.73. The summed E-state index contributed by atoms with van der Waals surface area (Å²) in [4.78, 5) is 25.6. The van der Waals surface area contributed by atoms with Crippen LogP contribution in [0.5, 0.6) is 0 Å². The van der Waals surface area contributed by atoms with Gasteiger partial charge in [-0.1, -0.05) is 24.8 Å². The number of rotatable bonds is 6. The van der Waals surface area contributed by atoms with Gasteiger partial charge in [-0.05, 0) is 37.0 Å². The summed E-state index contributed by atoms with van der Waals surface area (Å²) in [5.74, 6) is -1.17. The van der Waals surface area contributed by atoms with Crippen molar-refractivity contribution < 1.29 is 28.8 Å². The van der Waals surface area contributed by atoms with Crippen LogP contribution >= 0.6 is 0 Å². The molecule has 3 N–H and O–H groups in total. The Morgan fingerprint density at radius 1 is 1.43 bits per heavy atom. The Labute approximate surface area is 162 Å². The molecule has 2 amide bonds. The molecule has 1 aromatic carbocycles. The highest BCUT2D eigenvalue weighted by Gasteiger charge is 2.30. The summed E-state index contributed by atoms with van der Waals surface area (Å²) in [6.07, 6.45) is 3.06. The van der Waals surface area contributed by atoms with Gasteiger partial charge in [-0.25, -0.2) is 4.79 Å². The lowest BCUT2D eigenvalue weighted by Crippen LogP contribution is -2.50. The maximum atomic E-state index is 12.3. The molecule has 0 saturated carbocycles. The fourth-order valence-electron chi connectivity index (χ4n) is 3.36. The van der Waals surface area contributed by atoms with Crippen LogP contribution < -0.4 is 5.32 Å². The Kier molecular flexibility index (Phi) is 6.38. The number of nitrogens with one attached hydrogen (secondary N) is 1. The second-order valence-corrected chi connectivity index (χ2v) is 6.78. The summed E-state index contributed by atoms with van der Waals surface area (Å²) >= 11 is 0. The molecule has 0 radical (unpaired) electrons. The summed E-state index contributed by atoms with van der Waals surface area (Å²) in [5, 5.41) is 22.7. The number of furan rings is 1. The van der Waals surface area contributed by atoms with Crippen molar-refractivity contribution in [3.05, 3.63) is 48.7 Å². The summed E-state index contributed by atoms with van der Waals surface area (Å²) < 4.78 is 10.8. The lowest BCUT2D eigenvalue weighted by molar-refractivity contribution is -0.129. The van der Waals surface area contributed by atoms with Crippen molar-refractivity contribution in [3.8, 4) is 0 Å². The van der Waals surface area contributed by atoms with E-state index in [2.05, 4.69) is 11.9 Å². The number of hydrogen-bond donors (Lipinski definition) is 3. The lowest BCUT2D eigenvalue weighted by atomic mass is 9.76. The molecular formula is C19H23BN2O6. The Hall–Kier alpha value is -2.78. The number of ether oxygens (including phenoxy) is 1. The number of fused-ring (bicyclic) bond motifs is 1. The average molecular weight is 386 g/mol. The molecule has 2 atom stereocenters. The van der Waals surface area contributed by atoms with Crippen molar-refractivity contribution in [2.75, 3.05) is 13.1 Å². The summed E-state index contributed by atoms with van der Waals surface area (Å²) in [5.41, 5.74) is 1.43. The molecule has 2 heterocycles. The Morgan fingerprint density at radius 3 is 2.96 bits per heavy atom. The smallest absolute Gasteiger partial charge is 0.464 e. The van der Waals surface area contributed by atoms with Gasteiger partial charge in [0.15, 0.2) is 0 Å². The first kappa shape index (κ1) is 20.0. The zero-order valence-electron chi connectivity index (χ0n) is 15.4. The summed E-state index contributed by atoms with van der Waals surface area (Å²) in [6, 6.07) is 7.37. The van der Waals surface area contributed by atoms with E-state index in [1.165, 1.54) is 12.3 Å². The molecule has 1 saturated heterocycles. The molecule has 0 spiro atoms. The van der Waals surface area contributed by atoms with Gasteiger partial charge < -0.3 is 29.4 Å². The molecule has 2 aromatic rings. The van der Waals surface area contributed by atoms with Gasteiger partial charge in [0.25, 0.3) is 0 Å². The van der Waals surface area contributed by atoms with Crippen LogP contribution in [-0.2, 0) is 16.0 Å². The largest absolute Gasteiger partial charge is 0.475 e. The molecule has 148 valence electrons. The van der Waals surface area contributed by atoms with Crippen molar-refractivity contribution >= 4 is 30.1 Å². The summed E-state index contributed by atoms with van der Waals surface area (Å²) in [7, 11) is -1.77. The molecule has 3 rings (SSSR count). The third-order valence-electron chi connectivity index (χ3n) is 4.80.